The molecule has 0 saturated carbocycles. The topological polar surface area (TPSA) is 49.8 Å². The van der Waals surface area contributed by atoms with Crippen LogP contribution in [0.15, 0.2) is 60.8 Å². The fraction of sp³-hybridized carbons (Fsp3) is 0.370. The number of hydrogen-bond donors (Lipinski definition) is 0. The predicted molar refractivity (Wildman–Crippen MR) is 124 cm³/mol. The number of pyridine rings is 1. The average molecular weight is 432 g/mol. The molecule has 0 radical (unpaired) electrons. The van der Waals surface area contributed by atoms with Gasteiger partial charge in [0.1, 0.15) is 5.75 Å². The van der Waals surface area contributed by atoms with Crippen molar-refractivity contribution in [3.8, 4) is 17.6 Å². The van der Waals surface area contributed by atoms with Gasteiger partial charge in [-0.1, -0.05) is 54.3 Å². The number of benzene rings is 2. The van der Waals surface area contributed by atoms with Crippen LogP contribution in [0, 0.1) is 11.8 Å². The van der Waals surface area contributed by atoms with Gasteiger partial charge >= 0.3 is 0 Å². The molecule has 5 nitrogen and oxygen atoms in total. The zero-order chi connectivity index (χ0) is 22.0. The molecule has 0 amide bonds. The average Bonchev–Trinajstić information content (AvgIpc) is 2.86. The molecular weight excluding hydrogens is 402 g/mol. The molecular formula is C27H29NO4. The van der Waals surface area contributed by atoms with Crippen LogP contribution < -0.4 is 4.74 Å². The van der Waals surface area contributed by atoms with Crippen molar-refractivity contribution in [3.63, 3.8) is 0 Å². The minimum atomic E-state index is -0.236. The molecule has 0 N–H and O–H groups in total. The number of methoxy groups -OCH3 is 1. The Hall–Kier alpha value is -2.91. The summed E-state index contributed by atoms with van der Waals surface area (Å²) in [5.41, 5.74) is 1.89. The second-order valence-corrected chi connectivity index (χ2v) is 7.68. The third-order valence-electron chi connectivity index (χ3n) is 5.46. The first kappa shape index (κ1) is 22.3. The van der Waals surface area contributed by atoms with Crippen LogP contribution in [0.25, 0.3) is 10.8 Å². The molecule has 1 aliphatic heterocycles. The van der Waals surface area contributed by atoms with E-state index in [2.05, 4.69) is 24.0 Å². The first-order valence-corrected chi connectivity index (χ1v) is 11.1. The lowest BCUT2D eigenvalue weighted by atomic mass is 9.91. The zero-order valence-electron chi connectivity index (χ0n) is 18.5. The van der Waals surface area contributed by atoms with Gasteiger partial charge < -0.3 is 18.9 Å². The molecule has 0 aliphatic carbocycles. The normalized spacial score (nSPS) is 16.8. The Morgan fingerprint density at radius 3 is 2.84 bits per heavy atom. The van der Waals surface area contributed by atoms with Gasteiger partial charge in [-0.3, -0.25) is 4.98 Å². The van der Waals surface area contributed by atoms with E-state index in [1.165, 1.54) is 0 Å². The van der Waals surface area contributed by atoms with Gasteiger partial charge in [-0.2, -0.15) is 0 Å². The van der Waals surface area contributed by atoms with Crippen molar-refractivity contribution in [2.24, 2.45) is 0 Å². The lowest BCUT2D eigenvalue weighted by Gasteiger charge is -2.22. The third kappa shape index (κ3) is 5.66. The number of fused-ring (bicyclic) bond motifs is 1. The first-order valence-electron chi connectivity index (χ1n) is 11.1. The van der Waals surface area contributed by atoms with Crippen molar-refractivity contribution in [2.45, 2.75) is 37.9 Å². The van der Waals surface area contributed by atoms with E-state index in [1.54, 1.807) is 7.11 Å². The number of rotatable bonds is 8. The molecule has 1 saturated heterocycles. The minimum absolute atomic E-state index is 0.0933. The molecule has 1 aliphatic rings. The van der Waals surface area contributed by atoms with Gasteiger partial charge in [-0.15, -0.1) is 0 Å². The Bertz CT molecular complexity index is 1060. The maximum Gasteiger partial charge on any atom is 0.188 e. The lowest BCUT2D eigenvalue weighted by Crippen LogP contribution is -2.22. The van der Waals surface area contributed by atoms with E-state index in [4.69, 9.17) is 23.9 Å². The fourth-order valence-corrected chi connectivity index (χ4v) is 3.90. The van der Waals surface area contributed by atoms with Crippen LogP contribution in [-0.4, -0.2) is 38.4 Å². The van der Waals surface area contributed by atoms with Crippen LogP contribution in [0.5, 0.6) is 5.75 Å². The van der Waals surface area contributed by atoms with Gasteiger partial charge in [0.2, 0.25) is 0 Å². The Balaban J connectivity index is 1.61. The van der Waals surface area contributed by atoms with Crippen molar-refractivity contribution in [1.29, 1.82) is 0 Å². The highest BCUT2D eigenvalue weighted by molar-refractivity contribution is 5.85. The Morgan fingerprint density at radius 1 is 1.09 bits per heavy atom. The maximum atomic E-state index is 5.85. The third-order valence-corrected chi connectivity index (χ3v) is 5.46. The lowest BCUT2D eigenvalue weighted by molar-refractivity contribution is -0.161. The van der Waals surface area contributed by atoms with E-state index >= 15 is 0 Å². The van der Waals surface area contributed by atoms with Crippen molar-refractivity contribution >= 4 is 10.8 Å². The van der Waals surface area contributed by atoms with Crippen molar-refractivity contribution in [2.75, 3.05) is 27.1 Å². The molecule has 2 aromatic carbocycles. The predicted octanol–water partition coefficient (Wildman–Crippen LogP) is 5.29. The summed E-state index contributed by atoms with van der Waals surface area (Å²) >= 11 is 0. The van der Waals surface area contributed by atoms with Gasteiger partial charge in [-0.05, 0) is 36.8 Å². The van der Waals surface area contributed by atoms with Crippen molar-refractivity contribution < 1.29 is 18.9 Å². The summed E-state index contributed by atoms with van der Waals surface area (Å²) in [7, 11) is 1.61. The summed E-state index contributed by atoms with van der Waals surface area (Å²) in [6, 6.07) is 18.2. The molecule has 5 heteroatoms. The molecule has 1 fully saturated rings. The fourth-order valence-electron chi connectivity index (χ4n) is 3.90. The smallest absolute Gasteiger partial charge is 0.188 e. The quantitative estimate of drug-likeness (QED) is 0.276. The highest BCUT2D eigenvalue weighted by Gasteiger charge is 2.20. The van der Waals surface area contributed by atoms with E-state index in [1.807, 2.05) is 48.7 Å². The van der Waals surface area contributed by atoms with Crippen molar-refractivity contribution in [1.82, 2.24) is 4.98 Å². The number of aromatic nitrogens is 1. The van der Waals surface area contributed by atoms with Crippen LogP contribution in [-0.2, 0) is 14.2 Å². The largest absolute Gasteiger partial charge is 0.467 e. The van der Waals surface area contributed by atoms with E-state index in [0.717, 1.165) is 53.6 Å². The number of nitrogens with zero attached hydrogens (tertiary/aromatic N) is 1. The summed E-state index contributed by atoms with van der Waals surface area (Å²) in [6.07, 6.45) is 5.61. The molecule has 2 heterocycles. The zero-order valence-corrected chi connectivity index (χ0v) is 18.5. The van der Waals surface area contributed by atoms with Crippen LogP contribution in [0.4, 0.5) is 0 Å². The molecule has 4 rings (SSSR count). The van der Waals surface area contributed by atoms with E-state index in [9.17, 15) is 0 Å². The molecule has 32 heavy (non-hydrogen) atoms. The molecule has 0 bridgehead atoms. The minimum Gasteiger partial charge on any atom is -0.467 e. The Kier molecular flexibility index (Phi) is 8.11. The SMILES string of the molecule is COCOc1ccccc1C(C#CCCOC1CCCCO1)c1nccc2ccccc12. The van der Waals surface area contributed by atoms with E-state index < -0.39 is 0 Å². The molecule has 1 aromatic heterocycles. The molecule has 2 atom stereocenters. The van der Waals surface area contributed by atoms with Gasteiger partial charge in [-0.25, -0.2) is 0 Å². The molecule has 2 unspecified atom stereocenters. The van der Waals surface area contributed by atoms with Crippen molar-refractivity contribution in [3.05, 3.63) is 72.1 Å². The molecule has 166 valence electrons. The monoisotopic (exact) mass is 431 g/mol. The highest BCUT2D eigenvalue weighted by atomic mass is 16.7. The maximum absolute atomic E-state index is 5.85. The highest BCUT2D eigenvalue weighted by Crippen LogP contribution is 2.34. The van der Waals surface area contributed by atoms with Gasteiger partial charge in [0.05, 0.1) is 18.2 Å². The molecule has 0 spiro atoms. The summed E-state index contributed by atoms with van der Waals surface area (Å²) in [5.74, 6) is 7.27. The summed E-state index contributed by atoms with van der Waals surface area (Å²) in [4.78, 5) is 4.74. The number of ether oxygens (including phenoxy) is 4. The van der Waals surface area contributed by atoms with Crippen LogP contribution >= 0.6 is 0 Å². The first-order chi connectivity index (χ1) is 15.9. The van der Waals surface area contributed by atoms with Crippen LogP contribution in [0.2, 0.25) is 0 Å². The number of hydrogen-bond acceptors (Lipinski definition) is 5. The summed E-state index contributed by atoms with van der Waals surface area (Å²) < 4.78 is 22.5. The summed E-state index contributed by atoms with van der Waals surface area (Å²) in [5, 5.41) is 2.22. The van der Waals surface area contributed by atoms with Gasteiger partial charge in [0.15, 0.2) is 13.1 Å². The summed E-state index contributed by atoms with van der Waals surface area (Å²) in [6.45, 7) is 1.51. The standard InChI is InChI=1S/C27H29NO4/c1-29-20-32-25-14-5-4-12-23(25)24(13-6-8-18-30-26-15-7-9-19-31-26)27-22-11-3-2-10-21(22)16-17-28-27/h2-5,10-12,14,16-17,24,26H,7-9,15,18-20H2,1H3. The van der Waals surface area contributed by atoms with E-state index in [-0.39, 0.29) is 19.0 Å². The molecule has 3 aromatic rings. The Morgan fingerprint density at radius 2 is 1.97 bits per heavy atom. The van der Waals surface area contributed by atoms with Crippen LogP contribution in [0.3, 0.4) is 0 Å². The second kappa shape index (κ2) is 11.6. The second-order valence-electron chi connectivity index (χ2n) is 7.68. The van der Waals surface area contributed by atoms with Gasteiger partial charge in [0.25, 0.3) is 0 Å². The van der Waals surface area contributed by atoms with E-state index in [0.29, 0.717) is 13.0 Å². The van der Waals surface area contributed by atoms with Crippen LogP contribution in [0.1, 0.15) is 42.9 Å². The van der Waals surface area contributed by atoms with Gasteiger partial charge in [0, 0.05) is 37.3 Å². The Labute approximate surface area is 189 Å². The number of para-hydroxylation sites is 1.